The number of amides is 1. The third-order valence-electron chi connectivity index (χ3n) is 3.52. The minimum Gasteiger partial charge on any atom is -0.465 e. The van der Waals surface area contributed by atoms with Crippen LogP contribution in [0.25, 0.3) is 11.3 Å². The standard InChI is InChI=1S/C14H15N3O2/c18-14(19)17-8-4-7-13(17)12-9-11(15-16-12)10-5-2-1-3-6-10/h1-3,5-6,9,13H,4,7-8H2,(H,15,16)(H,18,19)/t13-/m0/s1. The monoisotopic (exact) mass is 257 g/mol. The van der Waals surface area contributed by atoms with Crippen molar-refractivity contribution >= 4 is 6.09 Å². The van der Waals surface area contributed by atoms with Crippen LogP contribution in [0.1, 0.15) is 24.6 Å². The molecule has 1 amide bonds. The van der Waals surface area contributed by atoms with Gasteiger partial charge in [0, 0.05) is 12.1 Å². The summed E-state index contributed by atoms with van der Waals surface area (Å²) < 4.78 is 0. The van der Waals surface area contributed by atoms with Crippen molar-refractivity contribution in [1.82, 2.24) is 15.1 Å². The quantitative estimate of drug-likeness (QED) is 0.869. The molecule has 1 aliphatic heterocycles. The maximum Gasteiger partial charge on any atom is 0.407 e. The molecule has 5 heteroatoms. The summed E-state index contributed by atoms with van der Waals surface area (Å²) in [6, 6.07) is 11.7. The van der Waals surface area contributed by atoms with Crippen molar-refractivity contribution in [2.75, 3.05) is 6.54 Å². The summed E-state index contributed by atoms with van der Waals surface area (Å²) >= 11 is 0. The fourth-order valence-electron chi connectivity index (χ4n) is 2.58. The van der Waals surface area contributed by atoms with Gasteiger partial charge in [-0.05, 0) is 18.9 Å². The van der Waals surface area contributed by atoms with Gasteiger partial charge in [-0.3, -0.25) is 10.00 Å². The van der Waals surface area contributed by atoms with E-state index in [2.05, 4.69) is 10.2 Å². The number of likely N-dealkylation sites (tertiary alicyclic amines) is 1. The van der Waals surface area contributed by atoms with Crippen molar-refractivity contribution in [2.24, 2.45) is 0 Å². The molecule has 2 heterocycles. The van der Waals surface area contributed by atoms with Crippen molar-refractivity contribution < 1.29 is 9.90 Å². The second-order valence-electron chi connectivity index (χ2n) is 4.71. The van der Waals surface area contributed by atoms with E-state index in [1.807, 2.05) is 36.4 Å². The van der Waals surface area contributed by atoms with Crippen molar-refractivity contribution in [3.05, 3.63) is 42.1 Å². The van der Waals surface area contributed by atoms with E-state index in [0.29, 0.717) is 6.54 Å². The van der Waals surface area contributed by atoms with Gasteiger partial charge in [-0.25, -0.2) is 4.79 Å². The molecule has 1 saturated heterocycles. The minimum atomic E-state index is -0.863. The van der Waals surface area contributed by atoms with E-state index >= 15 is 0 Å². The zero-order valence-corrected chi connectivity index (χ0v) is 10.4. The maximum absolute atomic E-state index is 11.2. The third kappa shape index (κ3) is 2.19. The first-order valence-electron chi connectivity index (χ1n) is 6.36. The van der Waals surface area contributed by atoms with Crippen molar-refractivity contribution in [3.8, 4) is 11.3 Å². The second kappa shape index (κ2) is 4.76. The van der Waals surface area contributed by atoms with Crippen LogP contribution in [-0.2, 0) is 0 Å². The molecule has 5 nitrogen and oxygen atoms in total. The average Bonchev–Trinajstić information content (AvgIpc) is 3.08. The third-order valence-corrected chi connectivity index (χ3v) is 3.52. The lowest BCUT2D eigenvalue weighted by Gasteiger charge is -2.19. The fraction of sp³-hybridized carbons (Fsp3) is 0.286. The highest BCUT2D eigenvalue weighted by atomic mass is 16.4. The molecule has 98 valence electrons. The lowest BCUT2D eigenvalue weighted by atomic mass is 10.1. The Labute approximate surface area is 110 Å². The minimum absolute atomic E-state index is 0.0949. The van der Waals surface area contributed by atoms with Gasteiger partial charge in [-0.15, -0.1) is 0 Å². The summed E-state index contributed by atoms with van der Waals surface area (Å²) in [5.41, 5.74) is 2.76. The van der Waals surface area contributed by atoms with Crippen LogP contribution in [0, 0.1) is 0 Å². The number of hydrogen-bond acceptors (Lipinski definition) is 2. The first kappa shape index (κ1) is 11.8. The van der Waals surface area contributed by atoms with Gasteiger partial charge >= 0.3 is 6.09 Å². The Morgan fingerprint density at radius 1 is 1.37 bits per heavy atom. The van der Waals surface area contributed by atoms with E-state index in [-0.39, 0.29) is 6.04 Å². The number of carboxylic acid groups (broad SMARTS) is 1. The lowest BCUT2D eigenvalue weighted by Crippen LogP contribution is -2.28. The molecular formula is C14H15N3O2. The molecule has 1 aromatic carbocycles. The van der Waals surface area contributed by atoms with Gasteiger partial charge in [0.1, 0.15) is 0 Å². The molecule has 0 radical (unpaired) electrons. The topological polar surface area (TPSA) is 69.2 Å². The number of benzene rings is 1. The van der Waals surface area contributed by atoms with Crippen LogP contribution in [0.15, 0.2) is 36.4 Å². The van der Waals surface area contributed by atoms with Crippen LogP contribution in [0.4, 0.5) is 4.79 Å². The van der Waals surface area contributed by atoms with Crippen LogP contribution >= 0.6 is 0 Å². The highest BCUT2D eigenvalue weighted by molar-refractivity contribution is 5.66. The van der Waals surface area contributed by atoms with E-state index < -0.39 is 6.09 Å². The van der Waals surface area contributed by atoms with Gasteiger partial charge in [0.2, 0.25) is 0 Å². The Hall–Kier alpha value is -2.30. The number of H-pyrrole nitrogens is 1. The molecule has 1 aromatic heterocycles. The zero-order chi connectivity index (χ0) is 13.2. The molecule has 3 rings (SSSR count). The van der Waals surface area contributed by atoms with E-state index in [1.165, 1.54) is 4.90 Å². The molecule has 0 bridgehead atoms. The highest BCUT2D eigenvalue weighted by Crippen LogP contribution is 2.32. The second-order valence-corrected chi connectivity index (χ2v) is 4.71. The summed E-state index contributed by atoms with van der Waals surface area (Å²) in [7, 11) is 0. The van der Waals surface area contributed by atoms with Gasteiger partial charge in [-0.2, -0.15) is 5.10 Å². The first-order valence-corrected chi connectivity index (χ1v) is 6.36. The Bertz CT molecular complexity index is 579. The number of nitrogens with zero attached hydrogens (tertiary/aromatic N) is 2. The molecule has 0 aliphatic carbocycles. The largest absolute Gasteiger partial charge is 0.465 e. The normalized spacial score (nSPS) is 18.7. The van der Waals surface area contributed by atoms with E-state index in [1.54, 1.807) is 0 Å². The summed E-state index contributed by atoms with van der Waals surface area (Å²) in [4.78, 5) is 12.6. The molecule has 1 aliphatic rings. The van der Waals surface area contributed by atoms with E-state index in [9.17, 15) is 4.79 Å². The van der Waals surface area contributed by atoms with Gasteiger partial charge in [0.15, 0.2) is 0 Å². The van der Waals surface area contributed by atoms with Crippen LogP contribution in [0.3, 0.4) is 0 Å². The van der Waals surface area contributed by atoms with E-state index in [4.69, 9.17) is 5.11 Å². The van der Waals surface area contributed by atoms with Crippen LogP contribution < -0.4 is 0 Å². The predicted molar refractivity (Wildman–Crippen MR) is 70.7 cm³/mol. The Balaban J connectivity index is 1.87. The molecule has 0 spiro atoms. The SMILES string of the molecule is O=C(O)N1CCC[C@H]1c1cc(-c2ccccc2)n[nH]1. The Kier molecular flexibility index (Phi) is 2.95. The van der Waals surface area contributed by atoms with Gasteiger partial charge in [-0.1, -0.05) is 30.3 Å². The molecule has 1 atom stereocenters. The fourth-order valence-corrected chi connectivity index (χ4v) is 2.58. The number of aromatic nitrogens is 2. The smallest absolute Gasteiger partial charge is 0.407 e. The van der Waals surface area contributed by atoms with Crippen molar-refractivity contribution in [2.45, 2.75) is 18.9 Å². The Morgan fingerprint density at radius 3 is 2.89 bits per heavy atom. The van der Waals surface area contributed by atoms with Crippen LogP contribution in [0.5, 0.6) is 0 Å². The van der Waals surface area contributed by atoms with Crippen LogP contribution in [-0.4, -0.2) is 32.8 Å². The first-order chi connectivity index (χ1) is 9.25. The number of nitrogens with one attached hydrogen (secondary N) is 1. The number of aromatic amines is 1. The van der Waals surface area contributed by atoms with Crippen molar-refractivity contribution in [1.29, 1.82) is 0 Å². The van der Waals surface area contributed by atoms with Gasteiger partial charge < -0.3 is 5.11 Å². The molecule has 2 N–H and O–H groups in total. The molecular weight excluding hydrogens is 242 g/mol. The van der Waals surface area contributed by atoms with Gasteiger partial charge in [0.25, 0.3) is 0 Å². The molecule has 0 unspecified atom stereocenters. The van der Waals surface area contributed by atoms with Crippen molar-refractivity contribution in [3.63, 3.8) is 0 Å². The summed E-state index contributed by atoms with van der Waals surface area (Å²) in [5, 5.41) is 16.4. The molecule has 0 saturated carbocycles. The summed E-state index contributed by atoms with van der Waals surface area (Å²) in [6.45, 7) is 0.597. The van der Waals surface area contributed by atoms with Crippen LogP contribution in [0.2, 0.25) is 0 Å². The van der Waals surface area contributed by atoms with Gasteiger partial charge in [0.05, 0.1) is 17.4 Å². The zero-order valence-electron chi connectivity index (χ0n) is 10.4. The van der Waals surface area contributed by atoms with E-state index in [0.717, 1.165) is 29.8 Å². The maximum atomic E-state index is 11.2. The number of carbonyl (C=O) groups is 1. The summed E-state index contributed by atoms with van der Waals surface area (Å²) in [6.07, 6.45) is 0.887. The predicted octanol–water partition coefficient (Wildman–Crippen LogP) is 2.89. The number of hydrogen-bond donors (Lipinski definition) is 2. The Morgan fingerprint density at radius 2 is 2.16 bits per heavy atom. The molecule has 1 fully saturated rings. The lowest BCUT2D eigenvalue weighted by molar-refractivity contribution is 0.139. The highest BCUT2D eigenvalue weighted by Gasteiger charge is 2.31. The molecule has 2 aromatic rings. The average molecular weight is 257 g/mol. The molecule has 19 heavy (non-hydrogen) atoms. The summed E-state index contributed by atoms with van der Waals surface area (Å²) in [5.74, 6) is 0. The number of rotatable bonds is 2.